The third-order valence-corrected chi connectivity index (χ3v) is 1.56. The molecule has 0 atom stereocenters. The monoisotopic (exact) mass is 262 g/mol. The number of benzene rings is 1. The van der Waals surface area contributed by atoms with Gasteiger partial charge in [-0.2, -0.15) is 0 Å². The molecule has 0 bridgehead atoms. The van der Waals surface area contributed by atoms with Gasteiger partial charge in [0.1, 0.15) is 5.75 Å². The molecule has 0 fully saturated rings. The standard InChI is InChI=1S/C9H12O.ClH.Zr/c1-7(2)8-5-3-4-6-9(8)10;;/h3-7,10H,1-2H3;1H;. The molecule has 1 aromatic carbocycles. The van der Waals surface area contributed by atoms with E-state index in [1.54, 1.807) is 6.07 Å². The molecule has 0 heterocycles. The van der Waals surface area contributed by atoms with Crippen molar-refractivity contribution < 1.29 is 31.3 Å². The van der Waals surface area contributed by atoms with Gasteiger partial charge in [-0.25, -0.2) is 0 Å². The molecule has 0 radical (unpaired) electrons. The van der Waals surface area contributed by atoms with Gasteiger partial charge in [0.05, 0.1) is 0 Å². The summed E-state index contributed by atoms with van der Waals surface area (Å²) in [6, 6.07) is 7.44. The Labute approximate surface area is 98.7 Å². The summed E-state index contributed by atoms with van der Waals surface area (Å²) in [7, 11) is 0. The Morgan fingerprint density at radius 1 is 1.17 bits per heavy atom. The van der Waals surface area contributed by atoms with Crippen LogP contribution in [-0.2, 0) is 26.2 Å². The minimum Gasteiger partial charge on any atom is -0.508 e. The molecule has 1 N–H and O–H groups in total. The molecule has 0 unspecified atom stereocenters. The quantitative estimate of drug-likeness (QED) is 0.826. The molecule has 66 valence electrons. The van der Waals surface area contributed by atoms with E-state index in [2.05, 4.69) is 13.8 Å². The molecule has 0 saturated carbocycles. The number of phenols is 1. The molecule has 12 heavy (non-hydrogen) atoms. The molecule has 0 aliphatic carbocycles. The summed E-state index contributed by atoms with van der Waals surface area (Å²) < 4.78 is 0. The van der Waals surface area contributed by atoms with Crippen molar-refractivity contribution in [3.63, 3.8) is 0 Å². The van der Waals surface area contributed by atoms with Gasteiger partial charge in [-0.3, -0.25) is 0 Å². The van der Waals surface area contributed by atoms with Crippen LogP contribution >= 0.6 is 12.4 Å². The van der Waals surface area contributed by atoms with Gasteiger partial charge in [0.25, 0.3) is 0 Å². The Bertz CT molecular complexity index is 226. The van der Waals surface area contributed by atoms with E-state index in [1.807, 2.05) is 18.2 Å². The number of rotatable bonds is 1. The maximum Gasteiger partial charge on any atom is 0.119 e. The van der Waals surface area contributed by atoms with Gasteiger partial charge in [-0.15, -0.1) is 12.4 Å². The fourth-order valence-corrected chi connectivity index (χ4v) is 0.976. The first-order chi connectivity index (χ1) is 4.72. The molecule has 3 heteroatoms. The van der Waals surface area contributed by atoms with E-state index in [4.69, 9.17) is 0 Å². The predicted molar refractivity (Wildman–Crippen MR) is 49.4 cm³/mol. The van der Waals surface area contributed by atoms with Crippen molar-refractivity contribution in [2.45, 2.75) is 19.8 Å². The van der Waals surface area contributed by atoms with Crippen LogP contribution in [0.5, 0.6) is 5.75 Å². The minimum absolute atomic E-state index is 0. The average molecular weight is 264 g/mol. The molecule has 1 aromatic rings. The predicted octanol–water partition coefficient (Wildman–Crippen LogP) is 2.93. The molecule has 0 amide bonds. The maximum atomic E-state index is 9.28. The fraction of sp³-hybridized carbons (Fsp3) is 0.333. The van der Waals surface area contributed by atoms with Gasteiger partial charge in [0.2, 0.25) is 0 Å². The largest absolute Gasteiger partial charge is 0.508 e. The Morgan fingerprint density at radius 2 is 1.67 bits per heavy atom. The van der Waals surface area contributed by atoms with Crippen LogP contribution < -0.4 is 0 Å². The number of hydrogen-bond acceptors (Lipinski definition) is 1. The van der Waals surface area contributed by atoms with E-state index >= 15 is 0 Å². The van der Waals surface area contributed by atoms with Crippen molar-refractivity contribution in [2.24, 2.45) is 0 Å². The molecule has 0 spiro atoms. The smallest absolute Gasteiger partial charge is 0.119 e. The van der Waals surface area contributed by atoms with Crippen LogP contribution in [0.4, 0.5) is 0 Å². The van der Waals surface area contributed by atoms with Crippen molar-refractivity contribution >= 4 is 12.4 Å². The van der Waals surface area contributed by atoms with Crippen molar-refractivity contribution in [2.75, 3.05) is 0 Å². The zero-order valence-electron chi connectivity index (χ0n) is 7.24. The zero-order chi connectivity index (χ0) is 7.56. The number of halogens is 1. The van der Waals surface area contributed by atoms with Crippen LogP contribution in [0.25, 0.3) is 0 Å². The summed E-state index contributed by atoms with van der Waals surface area (Å²) in [6.45, 7) is 4.13. The number of aromatic hydroxyl groups is 1. The summed E-state index contributed by atoms with van der Waals surface area (Å²) >= 11 is 0. The SMILES string of the molecule is CC(C)c1ccccc1O.Cl.[Zr]. The second-order valence-corrected chi connectivity index (χ2v) is 2.71. The van der Waals surface area contributed by atoms with Crippen LogP contribution in [0, 0.1) is 0 Å². The molecule has 0 aromatic heterocycles. The van der Waals surface area contributed by atoms with Crippen LogP contribution in [0.1, 0.15) is 25.3 Å². The molecule has 0 aliphatic rings. The van der Waals surface area contributed by atoms with Gasteiger partial charge in [-0.1, -0.05) is 32.0 Å². The second-order valence-electron chi connectivity index (χ2n) is 2.71. The Hall–Kier alpha value is 0.193. The van der Waals surface area contributed by atoms with Crippen molar-refractivity contribution in [3.05, 3.63) is 29.8 Å². The summed E-state index contributed by atoms with van der Waals surface area (Å²) in [5.41, 5.74) is 1.02. The molecular formula is C9H13ClOZr. The molecule has 1 nitrogen and oxygen atoms in total. The minimum atomic E-state index is 0. The first-order valence-electron chi connectivity index (χ1n) is 3.49. The van der Waals surface area contributed by atoms with Gasteiger partial charge in [0.15, 0.2) is 0 Å². The summed E-state index contributed by atoms with van der Waals surface area (Å²) in [5.74, 6) is 0.804. The first-order valence-corrected chi connectivity index (χ1v) is 3.49. The van der Waals surface area contributed by atoms with Crippen molar-refractivity contribution in [3.8, 4) is 5.75 Å². The van der Waals surface area contributed by atoms with Gasteiger partial charge in [0, 0.05) is 26.2 Å². The number of para-hydroxylation sites is 1. The third-order valence-electron chi connectivity index (χ3n) is 1.56. The number of phenolic OH excluding ortho intramolecular Hbond substituents is 1. The van der Waals surface area contributed by atoms with E-state index in [9.17, 15) is 5.11 Å². The van der Waals surface area contributed by atoms with Crippen LogP contribution in [0.2, 0.25) is 0 Å². The Balaban J connectivity index is 0. The normalized spacial score (nSPS) is 8.58. The van der Waals surface area contributed by atoms with Gasteiger partial charge >= 0.3 is 0 Å². The first kappa shape index (κ1) is 14.7. The van der Waals surface area contributed by atoms with E-state index in [-0.39, 0.29) is 38.6 Å². The number of hydrogen-bond donors (Lipinski definition) is 1. The molecule has 0 aliphatic heterocycles. The zero-order valence-corrected chi connectivity index (χ0v) is 10.5. The summed E-state index contributed by atoms with van der Waals surface area (Å²) in [6.07, 6.45) is 0. The fourth-order valence-electron chi connectivity index (χ4n) is 0.976. The van der Waals surface area contributed by atoms with E-state index in [0.29, 0.717) is 11.7 Å². The second kappa shape index (κ2) is 6.68. The Kier molecular flexibility index (Phi) is 8.19. The molecular weight excluding hydrogens is 251 g/mol. The van der Waals surface area contributed by atoms with Crippen molar-refractivity contribution in [1.29, 1.82) is 0 Å². The van der Waals surface area contributed by atoms with Crippen LogP contribution in [0.3, 0.4) is 0 Å². The Morgan fingerprint density at radius 3 is 2.00 bits per heavy atom. The molecule has 1 rings (SSSR count). The average Bonchev–Trinajstić information content (AvgIpc) is 1.88. The third kappa shape index (κ3) is 3.73. The van der Waals surface area contributed by atoms with E-state index in [0.717, 1.165) is 5.56 Å². The van der Waals surface area contributed by atoms with Crippen molar-refractivity contribution in [1.82, 2.24) is 0 Å². The van der Waals surface area contributed by atoms with Gasteiger partial charge < -0.3 is 5.11 Å². The van der Waals surface area contributed by atoms with Crippen LogP contribution in [-0.4, -0.2) is 5.11 Å². The van der Waals surface area contributed by atoms with Crippen LogP contribution in [0.15, 0.2) is 24.3 Å². The topological polar surface area (TPSA) is 20.2 Å². The van der Waals surface area contributed by atoms with E-state index < -0.39 is 0 Å². The van der Waals surface area contributed by atoms with E-state index in [1.165, 1.54) is 0 Å². The molecule has 0 saturated heterocycles. The summed E-state index contributed by atoms with van der Waals surface area (Å²) in [4.78, 5) is 0. The maximum absolute atomic E-state index is 9.28. The summed E-state index contributed by atoms with van der Waals surface area (Å²) in [5, 5.41) is 9.28. The van der Waals surface area contributed by atoms with Gasteiger partial charge in [-0.05, 0) is 17.5 Å².